The number of halogens is 1. The van der Waals surface area contributed by atoms with Crippen molar-refractivity contribution >= 4 is 39.5 Å². The molecule has 1 aliphatic heterocycles. The number of H-pyrrole nitrogens is 1. The van der Waals surface area contributed by atoms with Crippen LogP contribution < -0.4 is 5.56 Å². The van der Waals surface area contributed by atoms with Crippen LogP contribution in [0, 0.1) is 0 Å². The fraction of sp³-hybridized carbons (Fsp3) is 0.636. The van der Waals surface area contributed by atoms with Gasteiger partial charge in [-0.05, 0) is 21.8 Å². The topological polar surface area (TPSA) is 45.8 Å². The van der Waals surface area contributed by atoms with E-state index in [1.165, 1.54) is 5.75 Å². The highest BCUT2D eigenvalue weighted by Crippen LogP contribution is 2.35. The van der Waals surface area contributed by atoms with Crippen LogP contribution in [-0.4, -0.2) is 27.2 Å². The van der Waals surface area contributed by atoms with E-state index in [1.54, 1.807) is 0 Å². The van der Waals surface area contributed by atoms with Crippen molar-refractivity contribution in [2.24, 2.45) is 0 Å². The number of nitrogens with zero attached hydrogens (tertiary/aromatic N) is 1. The molecule has 0 amide bonds. The second-order valence-corrected chi connectivity index (χ2v) is 7.49. The van der Waals surface area contributed by atoms with E-state index in [4.69, 9.17) is 0 Å². The minimum absolute atomic E-state index is 0.0603. The molecule has 2 heterocycles. The summed E-state index contributed by atoms with van der Waals surface area (Å²) in [6.07, 6.45) is 0. The van der Waals surface area contributed by atoms with Crippen molar-refractivity contribution in [3.63, 3.8) is 0 Å². The fourth-order valence-electron chi connectivity index (χ4n) is 1.67. The Morgan fingerprint density at radius 2 is 2.24 bits per heavy atom. The van der Waals surface area contributed by atoms with Crippen molar-refractivity contribution in [2.45, 2.75) is 25.0 Å². The monoisotopic (exact) mass is 334 g/mol. The van der Waals surface area contributed by atoms with Crippen molar-refractivity contribution in [1.29, 1.82) is 0 Å². The number of aromatic amines is 1. The highest BCUT2D eigenvalue weighted by Gasteiger charge is 2.21. The van der Waals surface area contributed by atoms with Gasteiger partial charge in [-0.25, -0.2) is 4.98 Å². The Kier molecular flexibility index (Phi) is 4.60. The van der Waals surface area contributed by atoms with E-state index in [-0.39, 0.29) is 11.5 Å². The molecule has 0 aromatic carbocycles. The lowest BCUT2D eigenvalue weighted by molar-refractivity contribution is 0.767. The van der Waals surface area contributed by atoms with Gasteiger partial charge in [-0.3, -0.25) is 4.79 Å². The minimum atomic E-state index is -0.0603. The van der Waals surface area contributed by atoms with E-state index in [0.29, 0.717) is 9.72 Å². The molecule has 2 rings (SSSR count). The molecule has 0 saturated carbocycles. The molecule has 94 valence electrons. The average Bonchev–Trinajstić information content (AvgIpc) is 2.33. The lowest BCUT2D eigenvalue weighted by atomic mass is 10.1. The average molecular weight is 335 g/mol. The van der Waals surface area contributed by atoms with Crippen LogP contribution in [0.1, 0.15) is 36.5 Å². The Labute approximate surface area is 118 Å². The quantitative estimate of drug-likeness (QED) is 0.902. The number of rotatable bonds is 2. The maximum atomic E-state index is 11.8. The molecule has 1 aromatic rings. The van der Waals surface area contributed by atoms with Crippen LogP contribution in [0.4, 0.5) is 0 Å². The van der Waals surface area contributed by atoms with Crippen LogP contribution in [0.25, 0.3) is 0 Å². The van der Waals surface area contributed by atoms with E-state index in [1.807, 2.05) is 23.5 Å². The van der Waals surface area contributed by atoms with Gasteiger partial charge in [-0.1, -0.05) is 13.8 Å². The van der Waals surface area contributed by atoms with E-state index in [9.17, 15) is 4.79 Å². The van der Waals surface area contributed by atoms with Gasteiger partial charge in [-0.15, -0.1) is 11.8 Å². The third kappa shape index (κ3) is 3.09. The fourth-order valence-corrected chi connectivity index (χ4v) is 4.94. The first-order valence-electron chi connectivity index (χ1n) is 5.58. The molecule has 0 radical (unpaired) electrons. The summed E-state index contributed by atoms with van der Waals surface area (Å²) in [5, 5.41) is 0.326. The molecule has 1 saturated heterocycles. The Hall–Kier alpha value is 0.0600. The lowest BCUT2D eigenvalue weighted by Gasteiger charge is -2.21. The zero-order valence-corrected chi connectivity index (χ0v) is 13.0. The first-order valence-corrected chi connectivity index (χ1v) is 8.58. The van der Waals surface area contributed by atoms with Gasteiger partial charge in [0.15, 0.2) is 0 Å². The Morgan fingerprint density at radius 1 is 1.47 bits per heavy atom. The van der Waals surface area contributed by atoms with Crippen LogP contribution in [0.3, 0.4) is 0 Å². The zero-order chi connectivity index (χ0) is 12.4. The van der Waals surface area contributed by atoms with E-state index >= 15 is 0 Å². The molecule has 17 heavy (non-hydrogen) atoms. The maximum Gasteiger partial charge on any atom is 0.265 e. The van der Waals surface area contributed by atoms with Gasteiger partial charge < -0.3 is 4.98 Å². The van der Waals surface area contributed by atoms with Crippen molar-refractivity contribution in [2.75, 3.05) is 17.3 Å². The van der Waals surface area contributed by atoms with E-state index < -0.39 is 0 Å². The SMILES string of the molecule is CC(C)c1nc(C2CSCCS2)[nH]c(=O)c1Br. The third-order valence-electron chi connectivity index (χ3n) is 2.57. The van der Waals surface area contributed by atoms with Gasteiger partial charge in [0.25, 0.3) is 5.56 Å². The van der Waals surface area contributed by atoms with Crippen LogP contribution in [0.5, 0.6) is 0 Å². The molecule has 3 nitrogen and oxygen atoms in total. The molecule has 1 N–H and O–H groups in total. The lowest BCUT2D eigenvalue weighted by Crippen LogP contribution is -2.20. The summed E-state index contributed by atoms with van der Waals surface area (Å²) in [7, 11) is 0. The van der Waals surface area contributed by atoms with Crippen LogP contribution in [0.2, 0.25) is 0 Å². The summed E-state index contributed by atoms with van der Waals surface area (Å²) in [5.41, 5.74) is 0.801. The Bertz CT molecular complexity index is 455. The molecular weight excluding hydrogens is 320 g/mol. The standard InChI is InChI=1S/C11H15BrN2OS2/c1-6(2)9-8(12)11(15)14-10(13-9)7-5-16-3-4-17-7/h6-7H,3-5H2,1-2H3,(H,13,14,15). The summed E-state index contributed by atoms with van der Waals surface area (Å²) in [6.45, 7) is 4.11. The first-order chi connectivity index (χ1) is 8.09. The van der Waals surface area contributed by atoms with E-state index in [0.717, 1.165) is 23.0 Å². The number of nitrogens with one attached hydrogen (secondary N) is 1. The number of aromatic nitrogens is 2. The van der Waals surface area contributed by atoms with Crippen molar-refractivity contribution in [3.05, 3.63) is 26.3 Å². The molecule has 1 unspecified atom stereocenters. The smallest absolute Gasteiger partial charge is 0.265 e. The van der Waals surface area contributed by atoms with Gasteiger partial charge in [0.2, 0.25) is 0 Å². The summed E-state index contributed by atoms with van der Waals surface area (Å²) in [5.74, 6) is 4.45. The van der Waals surface area contributed by atoms with Gasteiger partial charge in [0.05, 0.1) is 10.9 Å². The highest BCUT2D eigenvalue weighted by atomic mass is 79.9. The molecule has 6 heteroatoms. The minimum Gasteiger partial charge on any atom is -0.309 e. The van der Waals surface area contributed by atoms with E-state index in [2.05, 4.69) is 39.7 Å². The second-order valence-electron chi connectivity index (χ2n) is 4.24. The van der Waals surface area contributed by atoms with Gasteiger partial charge in [-0.2, -0.15) is 11.8 Å². The normalized spacial score (nSPS) is 20.8. The Morgan fingerprint density at radius 3 is 2.82 bits per heavy atom. The highest BCUT2D eigenvalue weighted by molar-refractivity contribution is 9.10. The van der Waals surface area contributed by atoms with Crippen LogP contribution in [0.15, 0.2) is 9.27 Å². The van der Waals surface area contributed by atoms with Gasteiger partial charge in [0, 0.05) is 17.3 Å². The number of hydrogen-bond acceptors (Lipinski definition) is 4. The molecule has 1 fully saturated rings. The summed E-state index contributed by atoms with van der Waals surface area (Å²) >= 11 is 7.13. The van der Waals surface area contributed by atoms with Crippen molar-refractivity contribution < 1.29 is 0 Å². The van der Waals surface area contributed by atoms with Gasteiger partial charge >= 0.3 is 0 Å². The van der Waals surface area contributed by atoms with Crippen LogP contribution >= 0.6 is 39.5 Å². The summed E-state index contributed by atoms with van der Waals surface area (Å²) in [6, 6.07) is 0. The molecule has 0 spiro atoms. The summed E-state index contributed by atoms with van der Waals surface area (Å²) < 4.78 is 0.574. The second kappa shape index (κ2) is 5.80. The first kappa shape index (κ1) is 13.5. The molecule has 1 aromatic heterocycles. The molecule has 0 bridgehead atoms. The number of hydrogen-bond donors (Lipinski definition) is 1. The Balaban J connectivity index is 2.37. The van der Waals surface area contributed by atoms with Crippen molar-refractivity contribution in [1.82, 2.24) is 9.97 Å². The summed E-state index contributed by atoms with van der Waals surface area (Å²) in [4.78, 5) is 19.4. The molecule has 0 aliphatic carbocycles. The molecule has 1 atom stereocenters. The maximum absolute atomic E-state index is 11.8. The molecule has 1 aliphatic rings. The van der Waals surface area contributed by atoms with Crippen LogP contribution in [-0.2, 0) is 0 Å². The van der Waals surface area contributed by atoms with Crippen molar-refractivity contribution in [3.8, 4) is 0 Å². The number of thioether (sulfide) groups is 2. The predicted molar refractivity (Wildman–Crippen MR) is 79.2 cm³/mol. The van der Waals surface area contributed by atoms with Gasteiger partial charge in [0.1, 0.15) is 10.3 Å². The largest absolute Gasteiger partial charge is 0.309 e. The zero-order valence-electron chi connectivity index (χ0n) is 9.83. The third-order valence-corrected chi connectivity index (χ3v) is 6.10. The molecular formula is C11H15BrN2OS2. The predicted octanol–water partition coefficient (Wildman–Crippen LogP) is 3.18.